The Morgan fingerprint density at radius 3 is 2.48 bits per heavy atom. The standard InChI is InChI=1S/C19H29N4O2/c20-13-19(10-11-22-14-19)23(12-15-4-5-15)16(24)6-9-18(17(21)25)7-2-1-3-8-18/h6,15,22H,1-5,7-12,14H2,(H2,21,25). The van der Waals surface area contributed by atoms with E-state index >= 15 is 0 Å². The molecule has 3 fully saturated rings. The van der Waals surface area contributed by atoms with E-state index in [1.54, 1.807) is 11.3 Å². The van der Waals surface area contributed by atoms with Crippen LogP contribution in [0.25, 0.3) is 0 Å². The first-order chi connectivity index (χ1) is 12.0. The molecule has 25 heavy (non-hydrogen) atoms. The number of amides is 2. The van der Waals surface area contributed by atoms with Gasteiger partial charge in [-0.3, -0.25) is 9.59 Å². The lowest BCUT2D eigenvalue weighted by Gasteiger charge is -2.38. The maximum Gasteiger partial charge on any atom is 0.227 e. The fourth-order valence-electron chi connectivity index (χ4n) is 4.27. The molecule has 0 spiro atoms. The summed E-state index contributed by atoms with van der Waals surface area (Å²) in [5.74, 6) is 0.119. The zero-order chi connectivity index (χ0) is 17.9. The second-order valence-electron chi connectivity index (χ2n) is 8.08. The highest BCUT2D eigenvalue weighted by atomic mass is 16.2. The van der Waals surface area contributed by atoms with Crippen molar-refractivity contribution >= 4 is 11.8 Å². The van der Waals surface area contributed by atoms with E-state index in [0.717, 1.165) is 51.5 Å². The largest absolute Gasteiger partial charge is 0.369 e. The molecule has 1 aliphatic heterocycles. The summed E-state index contributed by atoms with van der Waals surface area (Å²) in [5.41, 5.74) is 4.36. The lowest BCUT2D eigenvalue weighted by molar-refractivity contribution is -0.133. The van der Waals surface area contributed by atoms with Crippen molar-refractivity contribution in [3.05, 3.63) is 6.42 Å². The molecule has 1 radical (unpaired) electrons. The van der Waals surface area contributed by atoms with Crippen LogP contribution in [-0.4, -0.2) is 41.9 Å². The second-order valence-corrected chi connectivity index (χ2v) is 8.08. The molecule has 1 atom stereocenters. The summed E-state index contributed by atoms with van der Waals surface area (Å²) >= 11 is 0. The highest BCUT2D eigenvalue weighted by Crippen LogP contribution is 2.40. The van der Waals surface area contributed by atoms with Gasteiger partial charge in [-0.15, -0.1) is 0 Å². The predicted molar refractivity (Wildman–Crippen MR) is 93.9 cm³/mol. The van der Waals surface area contributed by atoms with Crippen LogP contribution in [0.15, 0.2) is 0 Å². The van der Waals surface area contributed by atoms with Crippen molar-refractivity contribution < 1.29 is 9.59 Å². The van der Waals surface area contributed by atoms with E-state index < -0.39 is 11.0 Å². The molecular formula is C19H29N4O2. The molecule has 0 bridgehead atoms. The van der Waals surface area contributed by atoms with Gasteiger partial charge in [-0.1, -0.05) is 19.3 Å². The normalized spacial score (nSPS) is 28.3. The van der Waals surface area contributed by atoms with Crippen molar-refractivity contribution in [1.29, 1.82) is 5.26 Å². The molecule has 0 aromatic carbocycles. The van der Waals surface area contributed by atoms with Crippen LogP contribution in [0.1, 0.15) is 57.8 Å². The Morgan fingerprint density at radius 1 is 1.24 bits per heavy atom. The summed E-state index contributed by atoms with van der Waals surface area (Å²) in [6, 6.07) is 2.39. The van der Waals surface area contributed by atoms with Crippen molar-refractivity contribution in [2.24, 2.45) is 17.1 Å². The molecule has 0 aromatic rings. The molecule has 0 aromatic heterocycles. The number of hydrogen-bond donors (Lipinski definition) is 2. The molecule has 2 saturated carbocycles. The van der Waals surface area contributed by atoms with E-state index in [9.17, 15) is 14.9 Å². The Labute approximate surface area is 150 Å². The van der Waals surface area contributed by atoms with E-state index in [2.05, 4.69) is 11.4 Å². The molecule has 3 aliphatic rings. The maximum atomic E-state index is 13.0. The maximum absolute atomic E-state index is 13.0. The third kappa shape index (κ3) is 3.82. The predicted octanol–water partition coefficient (Wildman–Crippen LogP) is 1.51. The van der Waals surface area contributed by atoms with E-state index in [4.69, 9.17) is 5.73 Å². The quantitative estimate of drug-likeness (QED) is 0.730. The van der Waals surface area contributed by atoms with Crippen LogP contribution < -0.4 is 11.1 Å². The van der Waals surface area contributed by atoms with Crippen LogP contribution in [0.4, 0.5) is 0 Å². The molecule has 2 aliphatic carbocycles. The molecule has 3 rings (SSSR count). The molecule has 1 unspecified atom stereocenters. The first-order valence-electron chi connectivity index (χ1n) is 9.58. The average molecular weight is 345 g/mol. The number of hydrogen-bond acceptors (Lipinski definition) is 4. The van der Waals surface area contributed by atoms with E-state index in [-0.39, 0.29) is 11.8 Å². The number of primary amides is 1. The van der Waals surface area contributed by atoms with Gasteiger partial charge in [0, 0.05) is 18.5 Å². The van der Waals surface area contributed by atoms with Crippen LogP contribution in [0.2, 0.25) is 0 Å². The van der Waals surface area contributed by atoms with Gasteiger partial charge in [-0.2, -0.15) is 5.26 Å². The van der Waals surface area contributed by atoms with Gasteiger partial charge in [-0.25, -0.2) is 0 Å². The van der Waals surface area contributed by atoms with Crippen molar-refractivity contribution in [2.75, 3.05) is 19.6 Å². The van der Waals surface area contributed by atoms with Crippen LogP contribution in [-0.2, 0) is 9.59 Å². The molecular weight excluding hydrogens is 316 g/mol. The summed E-state index contributed by atoms with van der Waals surface area (Å²) < 4.78 is 0. The summed E-state index contributed by atoms with van der Waals surface area (Å²) in [7, 11) is 0. The highest BCUT2D eigenvalue weighted by molar-refractivity contribution is 5.88. The zero-order valence-corrected chi connectivity index (χ0v) is 14.9. The van der Waals surface area contributed by atoms with Crippen LogP contribution >= 0.6 is 0 Å². The van der Waals surface area contributed by atoms with Gasteiger partial charge in [0.05, 0.1) is 12.5 Å². The highest BCUT2D eigenvalue weighted by Gasteiger charge is 2.45. The lowest BCUT2D eigenvalue weighted by atomic mass is 9.70. The Morgan fingerprint density at radius 2 is 1.96 bits per heavy atom. The summed E-state index contributed by atoms with van der Waals surface area (Å²) in [6.45, 7) is 1.93. The third-order valence-corrected chi connectivity index (χ3v) is 6.26. The molecule has 2 amide bonds. The first kappa shape index (κ1) is 18.2. The first-order valence-corrected chi connectivity index (χ1v) is 9.58. The number of nitrogens with two attached hydrogens (primary N) is 1. The second kappa shape index (κ2) is 7.33. The number of carbonyl (C=O) groups excluding carboxylic acids is 2. The van der Waals surface area contributed by atoms with Crippen LogP contribution in [0, 0.1) is 29.1 Å². The van der Waals surface area contributed by atoms with Crippen molar-refractivity contribution in [1.82, 2.24) is 10.2 Å². The van der Waals surface area contributed by atoms with Gasteiger partial charge in [0.25, 0.3) is 0 Å². The number of nitrogens with one attached hydrogen (secondary N) is 1. The van der Waals surface area contributed by atoms with Crippen molar-refractivity contribution in [2.45, 2.75) is 63.3 Å². The topological polar surface area (TPSA) is 99.2 Å². The Kier molecular flexibility index (Phi) is 5.33. The van der Waals surface area contributed by atoms with Gasteiger partial charge < -0.3 is 16.0 Å². The monoisotopic (exact) mass is 345 g/mol. The summed E-state index contributed by atoms with van der Waals surface area (Å²) in [6.07, 6.45) is 9.59. The SMILES string of the molecule is N#CC1(N(CC2CC2)C(=O)[CH]CC2(C(N)=O)CCCCC2)CCNC1. The van der Waals surface area contributed by atoms with Gasteiger partial charge in [0.2, 0.25) is 11.8 Å². The third-order valence-electron chi connectivity index (χ3n) is 6.26. The van der Waals surface area contributed by atoms with Crippen molar-refractivity contribution in [3.63, 3.8) is 0 Å². The van der Waals surface area contributed by atoms with E-state index in [0.29, 0.717) is 31.8 Å². The smallest absolute Gasteiger partial charge is 0.227 e. The molecule has 137 valence electrons. The van der Waals surface area contributed by atoms with Crippen LogP contribution in [0.5, 0.6) is 0 Å². The minimum atomic E-state index is -0.747. The molecule has 1 heterocycles. The van der Waals surface area contributed by atoms with E-state index in [1.807, 2.05) is 0 Å². The minimum absolute atomic E-state index is 0.108. The molecule has 1 saturated heterocycles. The lowest BCUT2D eigenvalue weighted by Crippen LogP contribution is -2.53. The molecule has 6 nitrogen and oxygen atoms in total. The minimum Gasteiger partial charge on any atom is -0.369 e. The van der Waals surface area contributed by atoms with Gasteiger partial charge in [0.15, 0.2) is 0 Å². The van der Waals surface area contributed by atoms with E-state index in [1.165, 1.54) is 0 Å². The summed E-state index contributed by atoms with van der Waals surface area (Å²) in [4.78, 5) is 26.8. The van der Waals surface area contributed by atoms with Gasteiger partial charge >= 0.3 is 0 Å². The fraction of sp³-hybridized carbons (Fsp3) is 0.789. The number of rotatable bonds is 7. The fourth-order valence-corrected chi connectivity index (χ4v) is 4.27. The Balaban J connectivity index is 1.69. The Hall–Kier alpha value is -1.61. The number of nitriles is 1. The van der Waals surface area contributed by atoms with Gasteiger partial charge in [0.1, 0.15) is 5.54 Å². The summed E-state index contributed by atoms with van der Waals surface area (Å²) in [5, 5.41) is 13.0. The number of carbonyl (C=O) groups is 2. The number of nitrogens with zero attached hydrogens (tertiary/aromatic N) is 2. The zero-order valence-electron chi connectivity index (χ0n) is 14.9. The molecule has 6 heteroatoms. The average Bonchev–Trinajstić information content (AvgIpc) is 3.33. The van der Waals surface area contributed by atoms with Crippen LogP contribution in [0.3, 0.4) is 0 Å². The molecule has 3 N–H and O–H groups in total. The van der Waals surface area contributed by atoms with Gasteiger partial charge in [-0.05, 0) is 51.0 Å². The Bertz CT molecular complexity index is 552. The van der Waals surface area contributed by atoms with Crippen molar-refractivity contribution in [3.8, 4) is 6.07 Å².